The van der Waals surface area contributed by atoms with Crippen LogP contribution in [0.25, 0.3) is 10.9 Å². The number of carbonyl (C=O) groups excluding carboxylic acids is 1. The Morgan fingerprint density at radius 1 is 1.15 bits per heavy atom. The molecule has 0 amide bonds. The second-order valence-corrected chi connectivity index (χ2v) is 12.5. The molecule has 41 heavy (non-hydrogen) atoms. The minimum Gasteiger partial charge on any atom is -0.495 e. The highest BCUT2D eigenvalue weighted by atomic mass is 19.1. The Hall–Kier alpha value is -3.10. The minimum absolute atomic E-state index is 0.0540. The Balaban J connectivity index is 1.27. The van der Waals surface area contributed by atoms with E-state index in [4.69, 9.17) is 9.47 Å². The van der Waals surface area contributed by atoms with Crippen LogP contribution in [0.5, 0.6) is 5.75 Å². The zero-order valence-electron chi connectivity index (χ0n) is 24.3. The Kier molecular flexibility index (Phi) is 8.62. The van der Waals surface area contributed by atoms with Crippen molar-refractivity contribution in [3.8, 4) is 5.75 Å². The highest BCUT2D eigenvalue weighted by Gasteiger charge is 2.43. The first-order valence-corrected chi connectivity index (χ1v) is 14.6. The standard InChI is InChI=1S/C33H40F2N2O4/c1-33(2,3)41-32(39)26-19-37(22-15-21(16-22)31-27(34)8-6-9-28(31)35)14-13-20(26)11-12-30(38)24-7-5-10-29-25(24)17-23(40-4)18-36-29/h5-10,17-18,20-22,26,30,38H,11-16,19H2,1-4H3/t20-,21?,22?,26+,30?/m1/s1. The number of aliphatic hydroxyl groups excluding tert-OH is 1. The summed E-state index contributed by atoms with van der Waals surface area (Å²) in [5.74, 6) is -1.01. The summed E-state index contributed by atoms with van der Waals surface area (Å²) in [6.07, 6.45) is 4.24. The largest absolute Gasteiger partial charge is 0.495 e. The van der Waals surface area contributed by atoms with Crippen molar-refractivity contribution in [1.29, 1.82) is 0 Å². The molecule has 2 aromatic carbocycles. The van der Waals surface area contributed by atoms with Crippen LogP contribution in [-0.4, -0.2) is 52.8 Å². The number of ether oxygens (including phenoxy) is 2. The molecule has 2 fully saturated rings. The van der Waals surface area contributed by atoms with Gasteiger partial charge in [-0.05, 0) is 101 Å². The molecule has 0 spiro atoms. The zero-order valence-corrected chi connectivity index (χ0v) is 24.3. The number of esters is 1. The fourth-order valence-corrected chi connectivity index (χ4v) is 6.45. The molecule has 1 aromatic heterocycles. The van der Waals surface area contributed by atoms with Crippen molar-refractivity contribution in [2.75, 3.05) is 20.2 Å². The molecule has 1 aliphatic carbocycles. The number of rotatable bonds is 8. The lowest BCUT2D eigenvalue weighted by molar-refractivity contribution is -0.165. The highest BCUT2D eigenvalue weighted by Crippen LogP contribution is 2.44. The van der Waals surface area contributed by atoms with E-state index in [1.165, 1.54) is 18.2 Å². The van der Waals surface area contributed by atoms with Gasteiger partial charge in [0.15, 0.2) is 0 Å². The molecule has 1 N–H and O–H groups in total. The monoisotopic (exact) mass is 566 g/mol. The van der Waals surface area contributed by atoms with Gasteiger partial charge in [0.2, 0.25) is 0 Å². The van der Waals surface area contributed by atoms with Crippen molar-refractivity contribution in [3.05, 3.63) is 71.4 Å². The molecule has 3 atom stereocenters. The molecule has 1 aliphatic heterocycles. The number of pyridine rings is 1. The third-order valence-electron chi connectivity index (χ3n) is 8.67. The molecule has 2 aliphatic rings. The molecule has 2 heterocycles. The van der Waals surface area contributed by atoms with Crippen LogP contribution >= 0.6 is 0 Å². The van der Waals surface area contributed by atoms with Crippen LogP contribution in [0.2, 0.25) is 0 Å². The highest BCUT2D eigenvalue weighted by molar-refractivity contribution is 5.83. The Morgan fingerprint density at radius 3 is 2.54 bits per heavy atom. The molecule has 220 valence electrons. The summed E-state index contributed by atoms with van der Waals surface area (Å²) in [4.78, 5) is 20.1. The number of benzene rings is 2. The van der Waals surface area contributed by atoms with Crippen LogP contribution in [0.3, 0.4) is 0 Å². The Morgan fingerprint density at radius 2 is 1.85 bits per heavy atom. The van der Waals surface area contributed by atoms with E-state index in [0.717, 1.165) is 29.4 Å². The number of carbonyl (C=O) groups is 1. The van der Waals surface area contributed by atoms with Gasteiger partial charge in [-0.2, -0.15) is 0 Å². The topological polar surface area (TPSA) is 71.9 Å². The van der Waals surface area contributed by atoms with Crippen molar-refractivity contribution in [1.82, 2.24) is 9.88 Å². The van der Waals surface area contributed by atoms with E-state index < -0.39 is 23.3 Å². The zero-order chi connectivity index (χ0) is 29.3. The quantitative estimate of drug-likeness (QED) is 0.312. The number of aliphatic hydroxyl groups is 1. The van der Waals surface area contributed by atoms with E-state index in [-0.39, 0.29) is 35.3 Å². The summed E-state index contributed by atoms with van der Waals surface area (Å²) in [5.41, 5.74) is 1.15. The van der Waals surface area contributed by atoms with E-state index in [1.54, 1.807) is 13.3 Å². The van der Waals surface area contributed by atoms with Gasteiger partial charge in [0.1, 0.15) is 23.0 Å². The average molecular weight is 567 g/mol. The van der Waals surface area contributed by atoms with E-state index in [2.05, 4.69) is 9.88 Å². The molecular weight excluding hydrogens is 526 g/mol. The van der Waals surface area contributed by atoms with E-state index >= 15 is 0 Å². The number of hydrogen-bond donors (Lipinski definition) is 1. The van der Waals surface area contributed by atoms with Gasteiger partial charge in [-0.15, -0.1) is 0 Å². The molecule has 6 nitrogen and oxygen atoms in total. The number of nitrogens with zero attached hydrogens (tertiary/aromatic N) is 2. The maximum atomic E-state index is 14.3. The van der Waals surface area contributed by atoms with E-state index in [9.17, 15) is 18.7 Å². The molecule has 0 bridgehead atoms. The Labute approximate surface area is 240 Å². The molecule has 8 heteroatoms. The molecule has 1 unspecified atom stereocenters. The molecule has 3 aromatic rings. The lowest BCUT2D eigenvalue weighted by atomic mass is 9.72. The summed E-state index contributed by atoms with van der Waals surface area (Å²) in [5, 5.41) is 12.1. The molecule has 1 saturated carbocycles. The van der Waals surface area contributed by atoms with Crippen molar-refractivity contribution in [2.45, 2.75) is 76.5 Å². The number of fused-ring (bicyclic) bond motifs is 1. The first-order chi connectivity index (χ1) is 19.5. The molecule has 0 radical (unpaired) electrons. The number of piperidine rings is 1. The summed E-state index contributed by atoms with van der Waals surface area (Å²) >= 11 is 0. The van der Waals surface area contributed by atoms with Crippen LogP contribution in [0.15, 0.2) is 48.7 Å². The van der Waals surface area contributed by atoms with Gasteiger partial charge in [0, 0.05) is 23.5 Å². The predicted molar refractivity (Wildman–Crippen MR) is 154 cm³/mol. The smallest absolute Gasteiger partial charge is 0.311 e. The number of likely N-dealkylation sites (tertiary alicyclic amines) is 1. The molecule has 1 saturated heterocycles. The third-order valence-corrected chi connectivity index (χ3v) is 8.67. The number of aromatic nitrogens is 1. The van der Waals surface area contributed by atoms with Gasteiger partial charge >= 0.3 is 5.97 Å². The summed E-state index contributed by atoms with van der Waals surface area (Å²) in [6.45, 7) is 6.94. The predicted octanol–water partition coefficient (Wildman–Crippen LogP) is 6.56. The van der Waals surface area contributed by atoms with Gasteiger partial charge in [-0.1, -0.05) is 18.2 Å². The van der Waals surface area contributed by atoms with Crippen LogP contribution in [-0.2, 0) is 9.53 Å². The van der Waals surface area contributed by atoms with Gasteiger partial charge in [0.05, 0.1) is 30.8 Å². The number of hydrogen-bond acceptors (Lipinski definition) is 6. The minimum atomic E-state index is -0.715. The van der Waals surface area contributed by atoms with Gasteiger partial charge in [-0.25, -0.2) is 8.78 Å². The summed E-state index contributed by atoms with van der Waals surface area (Å²) < 4.78 is 39.8. The van der Waals surface area contributed by atoms with Crippen molar-refractivity contribution in [3.63, 3.8) is 0 Å². The summed E-state index contributed by atoms with van der Waals surface area (Å²) in [7, 11) is 1.59. The Bertz CT molecular complexity index is 1370. The normalized spacial score (nSPS) is 24.1. The second-order valence-electron chi connectivity index (χ2n) is 12.5. The van der Waals surface area contributed by atoms with Crippen molar-refractivity contribution in [2.24, 2.45) is 11.8 Å². The van der Waals surface area contributed by atoms with Crippen LogP contribution in [0, 0.1) is 23.5 Å². The van der Waals surface area contributed by atoms with Crippen LogP contribution in [0.4, 0.5) is 8.78 Å². The van der Waals surface area contributed by atoms with Gasteiger partial charge < -0.3 is 14.6 Å². The fraction of sp³-hybridized carbons (Fsp3) is 0.515. The lowest BCUT2D eigenvalue weighted by Crippen LogP contribution is -2.53. The fourth-order valence-electron chi connectivity index (χ4n) is 6.45. The van der Waals surface area contributed by atoms with Crippen molar-refractivity contribution < 1.29 is 28.2 Å². The second kappa shape index (κ2) is 12.0. The number of methoxy groups -OCH3 is 1. The summed E-state index contributed by atoms with van der Waals surface area (Å²) in [6, 6.07) is 11.8. The van der Waals surface area contributed by atoms with E-state index in [0.29, 0.717) is 38.0 Å². The third kappa shape index (κ3) is 6.54. The van der Waals surface area contributed by atoms with Crippen LogP contribution in [0.1, 0.15) is 76.0 Å². The van der Waals surface area contributed by atoms with Gasteiger partial charge in [0.25, 0.3) is 0 Å². The average Bonchev–Trinajstić information content (AvgIpc) is 2.91. The maximum Gasteiger partial charge on any atom is 0.311 e. The maximum absolute atomic E-state index is 14.3. The van der Waals surface area contributed by atoms with Crippen molar-refractivity contribution >= 4 is 16.9 Å². The van der Waals surface area contributed by atoms with Gasteiger partial charge in [-0.3, -0.25) is 14.7 Å². The van der Waals surface area contributed by atoms with E-state index in [1.807, 2.05) is 45.0 Å². The first kappa shape index (κ1) is 29.4. The molecule has 5 rings (SSSR count). The SMILES string of the molecule is COc1cnc2cccc(C(O)CC[C@@H]3CCN(C4CC(c5c(F)cccc5F)C4)C[C@@H]3C(=O)OC(C)(C)C)c2c1. The lowest BCUT2D eigenvalue weighted by Gasteiger charge is -2.48. The number of halogens is 2. The first-order valence-electron chi connectivity index (χ1n) is 14.6. The van der Waals surface area contributed by atoms with Crippen LogP contribution < -0.4 is 4.74 Å². The molecular formula is C33H40F2N2O4.